The van der Waals surface area contributed by atoms with Crippen LogP contribution >= 0.6 is 22.6 Å². The number of halogens is 1. The minimum Gasteiger partial charge on any atom is -0.358 e. The Kier molecular flexibility index (Phi) is 4.37. The summed E-state index contributed by atoms with van der Waals surface area (Å²) in [5.41, 5.74) is 0. The van der Waals surface area contributed by atoms with Gasteiger partial charge in [-0.2, -0.15) is 0 Å². The third kappa shape index (κ3) is 3.06. The van der Waals surface area contributed by atoms with E-state index in [1.807, 2.05) is 6.20 Å². The number of rotatable bonds is 3. The van der Waals surface area contributed by atoms with E-state index in [0.29, 0.717) is 0 Å². The summed E-state index contributed by atoms with van der Waals surface area (Å²) in [6.45, 7) is 1.13. The zero-order chi connectivity index (χ0) is 11.4. The van der Waals surface area contributed by atoms with E-state index in [1.165, 1.54) is 32.1 Å². The second-order valence-corrected chi connectivity index (χ2v) is 5.74. The summed E-state index contributed by atoms with van der Waals surface area (Å²) in [5, 5.41) is 0. The van der Waals surface area contributed by atoms with Gasteiger partial charge in [-0.05, 0) is 41.4 Å². The molecule has 0 aliphatic heterocycles. The van der Waals surface area contributed by atoms with E-state index in [2.05, 4.69) is 44.5 Å². The van der Waals surface area contributed by atoms with Crippen LogP contribution in [-0.4, -0.2) is 23.6 Å². The lowest BCUT2D eigenvalue weighted by Crippen LogP contribution is -2.28. The van der Waals surface area contributed by atoms with E-state index in [-0.39, 0.29) is 0 Å². The summed E-state index contributed by atoms with van der Waals surface area (Å²) in [6, 6.07) is 0. The molecule has 0 radical (unpaired) electrons. The van der Waals surface area contributed by atoms with E-state index < -0.39 is 0 Å². The first kappa shape index (κ1) is 12.1. The maximum Gasteiger partial charge on any atom is 0.145 e. The van der Waals surface area contributed by atoms with Crippen LogP contribution in [0.5, 0.6) is 0 Å². The predicted octanol–water partition coefficient (Wildman–Crippen LogP) is 3.10. The molecule has 1 fully saturated rings. The number of nitrogens with zero attached hydrogens (tertiary/aromatic N) is 3. The van der Waals surface area contributed by atoms with Crippen molar-refractivity contribution in [3.05, 3.63) is 16.1 Å². The van der Waals surface area contributed by atoms with Gasteiger partial charge in [0.15, 0.2) is 0 Å². The van der Waals surface area contributed by atoms with Gasteiger partial charge >= 0.3 is 0 Å². The topological polar surface area (TPSA) is 29.0 Å². The van der Waals surface area contributed by atoms with Crippen molar-refractivity contribution in [1.82, 2.24) is 9.97 Å². The molecule has 1 aromatic rings. The average molecular weight is 331 g/mol. The molecule has 1 aromatic heterocycles. The van der Waals surface area contributed by atoms with Crippen LogP contribution in [0.1, 0.15) is 32.1 Å². The maximum atomic E-state index is 4.35. The number of anilines is 1. The fourth-order valence-corrected chi connectivity index (χ4v) is 3.14. The Morgan fingerprint density at radius 2 is 2.12 bits per heavy atom. The van der Waals surface area contributed by atoms with Crippen LogP contribution in [0.15, 0.2) is 12.5 Å². The van der Waals surface area contributed by atoms with Crippen molar-refractivity contribution in [2.45, 2.75) is 32.1 Å². The second-order valence-electron chi connectivity index (χ2n) is 4.58. The molecular weight excluding hydrogens is 313 g/mol. The van der Waals surface area contributed by atoms with Gasteiger partial charge < -0.3 is 4.90 Å². The van der Waals surface area contributed by atoms with Gasteiger partial charge in [0, 0.05) is 19.8 Å². The molecule has 3 nitrogen and oxygen atoms in total. The quantitative estimate of drug-likeness (QED) is 0.797. The Morgan fingerprint density at radius 3 is 2.81 bits per heavy atom. The minimum atomic E-state index is 0.851. The van der Waals surface area contributed by atoms with Crippen LogP contribution in [0, 0.1) is 9.49 Å². The van der Waals surface area contributed by atoms with Gasteiger partial charge in [-0.15, -0.1) is 0 Å². The monoisotopic (exact) mass is 331 g/mol. The van der Waals surface area contributed by atoms with Crippen LogP contribution in [0.25, 0.3) is 0 Å². The second kappa shape index (κ2) is 5.80. The summed E-state index contributed by atoms with van der Waals surface area (Å²) >= 11 is 2.30. The molecule has 16 heavy (non-hydrogen) atoms. The normalized spacial score (nSPS) is 17.4. The molecule has 0 atom stereocenters. The highest BCUT2D eigenvalue weighted by Gasteiger charge is 2.17. The van der Waals surface area contributed by atoms with Crippen LogP contribution in [-0.2, 0) is 0 Å². The van der Waals surface area contributed by atoms with Crippen molar-refractivity contribution in [2.75, 3.05) is 18.5 Å². The van der Waals surface area contributed by atoms with E-state index in [1.54, 1.807) is 6.33 Å². The molecule has 0 amide bonds. The highest BCUT2D eigenvalue weighted by Crippen LogP contribution is 2.26. The largest absolute Gasteiger partial charge is 0.358 e. The molecule has 1 heterocycles. The first-order chi connectivity index (χ1) is 7.77. The van der Waals surface area contributed by atoms with E-state index in [4.69, 9.17) is 0 Å². The van der Waals surface area contributed by atoms with Gasteiger partial charge in [0.05, 0.1) is 3.57 Å². The molecule has 0 bridgehead atoms. The summed E-state index contributed by atoms with van der Waals surface area (Å²) in [4.78, 5) is 10.7. The molecule has 0 aromatic carbocycles. The minimum absolute atomic E-state index is 0.851. The van der Waals surface area contributed by atoms with Crippen molar-refractivity contribution < 1.29 is 0 Å². The number of aromatic nitrogens is 2. The SMILES string of the molecule is CN(CC1CCCCC1)c1ncncc1I. The van der Waals surface area contributed by atoms with Crippen LogP contribution in [0.4, 0.5) is 5.82 Å². The predicted molar refractivity (Wildman–Crippen MR) is 74.6 cm³/mol. The Hall–Kier alpha value is -0.390. The number of hydrogen-bond donors (Lipinski definition) is 0. The third-order valence-electron chi connectivity index (χ3n) is 3.27. The molecule has 0 spiro atoms. The molecule has 1 aliphatic carbocycles. The molecule has 4 heteroatoms. The molecule has 1 saturated carbocycles. The van der Waals surface area contributed by atoms with Crippen molar-refractivity contribution in [2.24, 2.45) is 5.92 Å². The number of hydrogen-bond acceptors (Lipinski definition) is 3. The zero-order valence-corrected chi connectivity index (χ0v) is 11.9. The van der Waals surface area contributed by atoms with Crippen LogP contribution in [0.3, 0.4) is 0 Å². The van der Waals surface area contributed by atoms with Gasteiger partial charge in [-0.1, -0.05) is 19.3 Å². The lowest BCUT2D eigenvalue weighted by molar-refractivity contribution is 0.361. The highest BCUT2D eigenvalue weighted by molar-refractivity contribution is 14.1. The third-order valence-corrected chi connectivity index (χ3v) is 4.03. The fraction of sp³-hybridized carbons (Fsp3) is 0.667. The van der Waals surface area contributed by atoms with Crippen molar-refractivity contribution in [3.63, 3.8) is 0 Å². The van der Waals surface area contributed by atoms with Crippen molar-refractivity contribution >= 4 is 28.4 Å². The molecule has 88 valence electrons. The standard InChI is InChI=1S/C12H18IN3/c1-16(8-10-5-3-2-4-6-10)12-11(13)7-14-9-15-12/h7,9-10H,2-6,8H2,1H3. The Labute approximate surface area is 111 Å². The fourth-order valence-electron chi connectivity index (χ4n) is 2.43. The van der Waals surface area contributed by atoms with Crippen molar-refractivity contribution in [3.8, 4) is 0 Å². The smallest absolute Gasteiger partial charge is 0.145 e. The van der Waals surface area contributed by atoms with Gasteiger partial charge in [-0.3, -0.25) is 0 Å². The molecule has 0 unspecified atom stereocenters. The summed E-state index contributed by atoms with van der Waals surface area (Å²) in [6.07, 6.45) is 10.5. The molecular formula is C12H18IN3. The first-order valence-corrected chi connectivity index (χ1v) is 7.02. The van der Waals surface area contributed by atoms with Gasteiger partial charge in [-0.25, -0.2) is 9.97 Å². The van der Waals surface area contributed by atoms with Gasteiger partial charge in [0.2, 0.25) is 0 Å². The zero-order valence-electron chi connectivity index (χ0n) is 9.69. The Bertz CT molecular complexity index is 337. The first-order valence-electron chi connectivity index (χ1n) is 5.94. The summed E-state index contributed by atoms with van der Waals surface area (Å²) < 4.78 is 1.14. The van der Waals surface area contributed by atoms with Gasteiger partial charge in [0.25, 0.3) is 0 Å². The van der Waals surface area contributed by atoms with E-state index >= 15 is 0 Å². The van der Waals surface area contributed by atoms with Crippen LogP contribution < -0.4 is 4.90 Å². The highest BCUT2D eigenvalue weighted by atomic mass is 127. The Balaban J connectivity index is 1.96. The molecule has 0 N–H and O–H groups in total. The lowest BCUT2D eigenvalue weighted by Gasteiger charge is -2.28. The van der Waals surface area contributed by atoms with Crippen molar-refractivity contribution in [1.29, 1.82) is 0 Å². The summed E-state index contributed by atoms with van der Waals surface area (Å²) in [5.74, 6) is 1.92. The summed E-state index contributed by atoms with van der Waals surface area (Å²) in [7, 11) is 2.14. The average Bonchev–Trinajstić information content (AvgIpc) is 2.31. The van der Waals surface area contributed by atoms with Gasteiger partial charge in [0.1, 0.15) is 12.1 Å². The van der Waals surface area contributed by atoms with Crippen LogP contribution in [0.2, 0.25) is 0 Å². The molecule has 1 aliphatic rings. The Morgan fingerprint density at radius 1 is 1.38 bits per heavy atom. The van der Waals surface area contributed by atoms with E-state index in [9.17, 15) is 0 Å². The maximum absolute atomic E-state index is 4.35. The van der Waals surface area contributed by atoms with E-state index in [0.717, 1.165) is 21.9 Å². The lowest BCUT2D eigenvalue weighted by atomic mass is 9.89. The molecule has 2 rings (SSSR count). The molecule has 0 saturated heterocycles.